The van der Waals surface area contributed by atoms with E-state index in [4.69, 9.17) is 4.74 Å². The van der Waals surface area contributed by atoms with E-state index in [0.717, 1.165) is 11.0 Å². The normalized spacial score (nSPS) is 18.9. The Hall–Kier alpha value is -2.05. The maximum Gasteiger partial charge on any atom is 0.417 e. The predicted octanol–water partition coefficient (Wildman–Crippen LogP) is 5.45. The summed E-state index contributed by atoms with van der Waals surface area (Å²) in [5, 5.41) is 0. The Labute approximate surface area is 164 Å². The molecule has 0 aliphatic carbocycles. The molecular formula is C21H28F3NO3. The first-order valence-corrected chi connectivity index (χ1v) is 9.38. The molecule has 0 aromatic heterocycles. The largest absolute Gasteiger partial charge is 0.443 e. The molecule has 28 heavy (non-hydrogen) atoms. The van der Waals surface area contributed by atoms with Crippen LogP contribution in [0.3, 0.4) is 0 Å². The average Bonchev–Trinajstić information content (AvgIpc) is 2.52. The van der Waals surface area contributed by atoms with Crippen molar-refractivity contribution in [3.8, 4) is 0 Å². The zero-order valence-corrected chi connectivity index (χ0v) is 17.0. The first-order valence-electron chi connectivity index (χ1n) is 9.38. The number of rotatable bonds is 3. The van der Waals surface area contributed by atoms with Gasteiger partial charge in [0.1, 0.15) is 5.60 Å². The second-order valence-corrected chi connectivity index (χ2v) is 9.08. The smallest absolute Gasteiger partial charge is 0.417 e. The number of piperidine rings is 1. The Morgan fingerprint density at radius 2 is 1.82 bits per heavy atom. The van der Waals surface area contributed by atoms with Gasteiger partial charge in [0.25, 0.3) is 0 Å². The topological polar surface area (TPSA) is 46.6 Å². The summed E-state index contributed by atoms with van der Waals surface area (Å²) < 4.78 is 44.1. The molecule has 1 aromatic carbocycles. The number of benzene rings is 1. The second-order valence-electron chi connectivity index (χ2n) is 9.08. The minimum atomic E-state index is -4.38. The van der Waals surface area contributed by atoms with E-state index >= 15 is 0 Å². The molecule has 1 fully saturated rings. The van der Waals surface area contributed by atoms with Gasteiger partial charge in [-0.3, -0.25) is 4.79 Å². The summed E-state index contributed by atoms with van der Waals surface area (Å²) in [5.74, 6) is -0.337. The Balaban J connectivity index is 2.06. The number of hydrogen-bond donors (Lipinski definition) is 0. The molecule has 1 aliphatic rings. The number of imide groups is 1. The number of nitrogens with zero attached hydrogens (tertiary/aromatic N) is 1. The summed E-state index contributed by atoms with van der Waals surface area (Å²) in [5.41, 5.74) is -1.16. The fourth-order valence-electron chi connectivity index (χ4n) is 3.54. The van der Waals surface area contributed by atoms with Gasteiger partial charge in [0.15, 0.2) is 0 Å². The highest BCUT2D eigenvalue weighted by Gasteiger charge is 2.39. The van der Waals surface area contributed by atoms with Gasteiger partial charge in [0.2, 0.25) is 5.91 Å². The van der Waals surface area contributed by atoms with Crippen LogP contribution in [0.25, 0.3) is 0 Å². The molecule has 156 valence electrons. The first kappa shape index (κ1) is 22.2. The van der Waals surface area contributed by atoms with Crippen LogP contribution < -0.4 is 0 Å². The van der Waals surface area contributed by atoms with Gasteiger partial charge in [-0.05, 0) is 56.6 Å². The van der Waals surface area contributed by atoms with Gasteiger partial charge in [0, 0.05) is 13.0 Å². The number of hydrogen-bond acceptors (Lipinski definition) is 3. The lowest BCUT2D eigenvalue weighted by atomic mass is 9.70. The highest BCUT2D eigenvalue weighted by Crippen LogP contribution is 2.39. The van der Waals surface area contributed by atoms with Gasteiger partial charge in [-0.1, -0.05) is 32.0 Å². The lowest BCUT2D eigenvalue weighted by Crippen LogP contribution is -2.47. The Bertz CT molecular complexity index is 735. The molecule has 1 heterocycles. The first-order chi connectivity index (χ1) is 12.7. The molecule has 0 radical (unpaired) electrons. The van der Waals surface area contributed by atoms with E-state index in [-0.39, 0.29) is 30.2 Å². The Kier molecular flexibility index (Phi) is 6.16. The number of carbonyl (C=O) groups excluding carboxylic acids is 2. The van der Waals surface area contributed by atoms with Crippen LogP contribution in [0, 0.1) is 11.3 Å². The lowest BCUT2D eigenvalue weighted by molar-refractivity contribution is -0.137. The second kappa shape index (κ2) is 7.76. The van der Waals surface area contributed by atoms with Crippen molar-refractivity contribution < 1.29 is 27.5 Å². The van der Waals surface area contributed by atoms with E-state index in [0.29, 0.717) is 18.4 Å². The number of carbonyl (C=O) groups is 2. The molecule has 0 unspecified atom stereocenters. The fraction of sp³-hybridized carbons (Fsp3) is 0.619. The number of likely N-dealkylation sites (tertiary alicyclic amines) is 1. The van der Waals surface area contributed by atoms with Crippen LogP contribution in [0.2, 0.25) is 0 Å². The molecular weight excluding hydrogens is 371 g/mol. The van der Waals surface area contributed by atoms with Crippen molar-refractivity contribution in [1.82, 2.24) is 4.90 Å². The van der Waals surface area contributed by atoms with Gasteiger partial charge in [-0.15, -0.1) is 0 Å². The average molecular weight is 399 g/mol. The molecule has 7 heteroatoms. The maximum absolute atomic E-state index is 12.9. The third-order valence-corrected chi connectivity index (χ3v) is 5.06. The van der Waals surface area contributed by atoms with Crippen LogP contribution in [0.4, 0.5) is 18.0 Å². The Morgan fingerprint density at radius 3 is 2.36 bits per heavy atom. The molecule has 1 atom stereocenters. The van der Waals surface area contributed by atoms with Crippen molar-refractivity contribution in [3.63, 3.8) is 0 Å². The summed E-state index contributed by atoms with van der Waals surface area (Å²) in [6.45, 7) is 9.37. The molecule has 1 aliphatic heterocycles. The van der Waals surface area contributed by atoms with Crippen LogP contribution in [0.5, 0.6) is 0 Å². The minimum absolute atomic E-state index is 0.0340. The molecule has 4 nitrogen and oxygen atoms in total. The highest BCUT2D eigenvalue weighted by atomic mass is 19.4. The van der Waals surface area contributed by atoms with E-state index in [1.54, 1.807) is 26.8 Å². The van der Waals surface area contributed by atoms with Gasteiger partial charge in [0.05, 0.1) is 5.56 Å². The van der Waals surface area contributed by atoms with E-state index in [1.165, 1.54) is 12.1 Å². The van der Waals surface area contributed by atoms with E-state index in [2.05, 4.69) is 0 Å². The van der Waals surface area contributed by atoms with Gasteiger partial charge in [-0.25, -0.2) is 9.69 Å². The van der Waals surface area contributed by atoms with Crippen molar-refractivity contribution in [2.24, 2.45) is 11.3 Å². The number of ether oxygens (including phenoxy) is 1. The molecule has 2 amide bonds. The third-order valence-electron chi connectivity index (χ3n) is 5.06. The molecule has 0 N–H and O–H groups in total. The number of alkyl halides is 3. The molecule has 1 saturated heterocycles. The van der Waals surface area contributed by atoms with E-state index in [9.17, 15) is 22.8 Å². The van der Waals surface area contributed by atoms with Crippen molar-refractivity contribution in [2.45, 2.75) is 65.7 Å². The summed E-state index contributed by atoms with van der Waals surface area (Å²) in [6, 6.07) is 5.30. The van der Waals surface area contributed by atoms with Crippen molar-refractivity contribution in [3.05, 3.63) is 35.4 Å². The summed E-state index contributed by atoms with van der Waals surface area (Å²) in [7, 11) is 0. The van der Waals surface area contributed by atoms with E-state index < -0.39 is 23.4 Å². The number of amides is 2. The molecule has 0 saturated carbocycles. The minimum Gasteiger partial charge on any atom is -0.443 e. The molecule has 0 bridgehead atoms. The Morgan fingerprint density at radius 1 is 1.18 bits per heavy atom. The standard InChI is InChI=1S/C21H28F3NO3/c1-19(2,3)28-18(27)25-10-9-15(12-17(25)26)20(4,5)13-14-7-6-8-16(11-14)21(22,23)24/h6-8,11,15H,9-10,12-13H2,1-5H3/t15-/m1/s1. The summed E-state index contributed by atoms with van der Waals surface area (Å²) >= 11 is 0. The van der Waals surface area contributed by atoms with Crippen LogP contribution in [0.1, 0.15) is 58.6 Å². The lowest BCUT2D eigenvalue weighted by Gasteiger charge is -2.40. The van der Waals surface area contributed by atoms with Crippen molar-refractivity contribution in [2.75, 3.05) is 6.54 Å². The summed E-state index contributed by atoms with van der Waals surface area (Å²) in [6.07, 6.45) is -3.84. The van der Waals surface area contributed by atoms with Crippen molar-refractivity contribution in [1.29, 1.82) is 0 Å². The SMILES string of the molecule is CC(C)(C)OC(=O)N1CC[C@@H](C(C)(C)Cc2cccc(C(F)(F)F)c2)CC1=O. The van der Waals surface area contributed by atoms with Crippen molar-refractivity contribution >= 4 is 12.0 Å². The van der Waals surface area contributed by atoms with Crippen LogP contribution in [-0.2, 0) is 22.1 Å². The van der Waals surface area contributed by atoms with Gasteiger partial charge < -0.3 is 4.74 Å². The third kappa shape index (κ3) is 5.72. The molecule has 0 spiro atoms. The molecule has 2 rings (SSSR count). The maximum atomic E-state index is 12.9. The van der Waals surface area contributed by atoms with Crippen LogP contribution in [0.15, 0.2) is 24.3 Å². The summed E-state index contributed by atoms with van der Waals surface area (Å²) in [4.78, 5) is 25.8. The van der Waals surface area contributed by atoms with Crippen LogP contribution in [-0.4, -0.2) is 29.0 Å². The van der Waals surface area contributed by atoms with Gasteiger partial charge >= 0.3 is 12.3 Å². The molecule has 1 aromatic rings. The fourth-order valence-corrected chi connectivity index (χ4v) is 3.54. The highest BCUT2D eigenvalue weighted by molar-refractivity contribution is 5.92. The number of halogens is 3. The van der Waals surface area contributed by atoms with Crippen LogP contribution >= 0.6 is 0 Å². The zero-order valence-electron chi connectivity index (χ0n) is 17.0. The monoisotopic (exact) mass is 399 g/mol. The predicted molar refractivity (Wildman–Crippen MR) is 99.6 cm³/mol. The van der Waals surface area contributed by atoms with E-state index in [1.807, 2.05) is 13.8 Å². The quantitative estimate of drug-likeness (QED) is 0.679. The van der Waals surface area contributed by atoms with Gasteiger partial charge in [-0.2, -0.15) is 13.2 Å². The zero-order chi connectivity index (χ0) is 21.3.